The third-order valence-electron chi connectivity index (χ3n) is 4.21. The smallest absolute Gasteiger partial charge is 0.263 e. The first kappa shape index (κ1) is 21.6. The molecule has 0 aliphatic rings. The number of rotatable bonds is 7. The van der Waals surface area contributed by atoms with Gasteiger partial charge in [-0.2, -0.15) is 5.10 Å². The summed E-state index contributed by atoms with van der Waals surface area (Å²) in [6.07, 6.45) is 2.27. The number of anilines is 1. The molecule has 0 unspecified atom stereocenters. The van der Waals surface area contributed by atoms with Crippen molar-refractivity contribution in [2.45, 2.75) is 31.7 Å². The second-order valence-electron chi connectivity index (χ2n) is 7.07. The topological polar surface area (TPSA) is 64.0 Å². The highest BCUT2D eigenvalue weighted by atomic mass is 35.5. The maximum Gasteiger partial charge on any atom is 0.263 e. The van der Waals surface area contributed by atoms with Crippen molar-refractivity contribution in [3.63, 3.8) is 0 Å². The van der Waals surface area contributed by atoms with E-state index < -0.39 is 15.8 Å². The van der Waals surface area contributed by atoms with E-state index in [9.17, 15) is 12.8 Å². The standard InChI is InChI=1S/C20H20Cl2FN3O2S/c1-13(2)10-14-6-8-15(9-7-14)29(27,28)25-20-18(22)12-26(24-20)11-16-17(21)4-3-5-19(16)23/h3-9,12-13H,10-11H2,1-2H3,(H,24,25). The molecule has 0 spiro atoms. The van der Waals surface area contributed by atoms with Crippen LogP contribution in [0.15, 0.2) is 53.6 Å². The van der Waals surface area contributed by atoms with Crippen LogP contribution in [0, 0.1) is 11.7 Å². The van der Waals surface area contributed by atoms with E-state index in [-0.39, 0.29) is 32.9 Å². The van der Waals surface area contributed by atoms with Crippen LogP contribution >= 0.6 is 23.2 Å². The van der Waals surface area contributed by atoms with Gasteiger partial charge in [-0.1, -0.05) is 55.2 Å². The number of nitrogens with zero attached hydrogens (tertiary/aromatic N) is 2. The van der Waals surface area contributed by atoms with Crippen molar-refractivity contribution in [2.75, 3.05) is 4.72 Å². The Bertz CT molecular complexity index is 1090. The van der Waals surface area contributed by atoms with E-state index in [0.29, 0.717) is 5.92 Å². The molecule has 0 atom stereocenters. The van der Waals surface area contributed by atoms with Crippen LogP contribution in [0.3, 0.4) is 0 Å². The zero-order chi connectivity index (χ0) is 21.2. The SMILES string of the molecule is CC(C)Cc1ccc(S(=O)(=O)Nc2nn(Cc3c(F)cccc3Cl)cc2Cl)cc1. The molecule has 0 aliphatic carbocycles. The minimum atomic E-state index is -3.87. The van der Waals surface area contributed by atoms with Gasteiger partial charge in [-0.05, 0) is 42.2 Å². The molecule has 29 heavy (non-hydrogen) atoms. The molecule has 154 valence electrons. The fourth-order valence-electron chi connectivity index (χ4n) is 2.85. The predicted molar refractivity (Wildman–Crippen MR) is 114 cm³/mol. The Balaban J connectivity index is 1.79. The van der Waals surface area contributed by atoms with Gasteiger partial charge in [0.2, 0.25) is 0 Å². The molecular formula is C20H20Cl2FN3O2S. The number of nitrogens with one attached hydrogen (secondary N) is 1. The summed E-state index contributed by atoms with van der Waals surface area (Å²) in [4.78, 5) is 0.104. The van der Waals surface area contributed by atoms with Gasteiger partial charge in [0.1, 0.15) is 10.8 Å². The van der Waals surface area contributed by atoms with Crippen LogP contribution in [-0.4, -0.2) is 18.2 Å². The minimum Gasteiger partial charge on any atom is -0.264 e. The molecule has 3 rings (SSSR count). The Hall–Kier alpha value is -2.09. The summed E-state index contributed by atoms with van der Waals surface area (Å²) in [5, 5.41) is 4.47. The van der Waals surface area contributed by atoms with Gasteiger partial charge in [0, 0.05) is 16.8 Å². The number of halogens is 3. The van der Waals surface area contributed by atoms with Crippen molar-refractivity contribution in [2.24, 2.45) is 5.92 Å². The van der Waals surface area contributed by atoms with Crippen LogP contribution in [0.1, 0.15) is 25.0 Å². The van der Waals surface area contributed by atoms with Crippen LogP contribution in [0.2, 0.25) is 10.0 Å². The quantitative estimate of drug-likeness (QED) is 0.520. The van der Waals surface area contributed by atoms with Crippen molar-refractivity contribution in [3.8, 4) is 0 Å². The summed E-state index contributed by atoms with van der Waals surface area (Å²) in [7, 11) is -3.87. The lowest BCUT2D eigenvalue weighted by Crippen LogP contribution is -2.14. The van der Waals surface area contributed by atoms with E-state index in [2.05, 4.69) is 23.7 Å². The van der Waals surface area contributed by atoms with E-state index in [1.54, 1.807) is 30.3 Å². The van der Waals surface area contributed by atoms with Gasteiger partial charge in [0.15, 0.2) is 5.82 Å². The molecule has 2 aromatic carbocycles. The summed E-state index contributed by atoms with van der Waals surface area (Å²) >= 11 is 12.2. The minimum absolute atomic E-state index is 0.0108. The zero-order valence-corrected chi connectivity index (χ0v) is 18.2. The molecule has 5 nitrogen and oxygen atoms in total. The normalized spacial score (nSPS) is 11.8. The van der Waals surface area contributed by atoms with E-state index in [0.717, 1.165) is 12.0 Å². The summed E-state index contributed by atoms with van der Waals surface area (Å²) in [6, 6.07) is 11.0. The van der Waals surface area contributed by atoms with Crippen molar-refractivity contribution >= 4 is 39.0 Å². The summed E-state index contributed by atoms with van der Waals surface area (Å²) in [5.41, 5.74) is 1.30. The Morgan fingerprint density at radius 1 is 1.10 bits per heavy atom. The summed E-state index contributed by atoms with van der Waals surface area (Å²) < 4.78 is 43.0. The molecule has 0 fully saturated rings. The van der Waals surface area contributed by atoms with Crippen molar-refractivity contribution in [1.29, 1.82) is 0 Å². The van der Waals surface area contributed by atoms with E-state index in [1.807, 2.05) is 0 Å². The predicted octanol–water partition coefficient (Wildman–Crippen LogP) is 5.38. The molecule has 0 amide bonds. The first-order chi connectivity index (χ1) is 13.7. The van der Waals surface area contributed by atoms with Crippen LogP contribution in [-0.2, 0) is 23.0 Å². The second kappa shape index (κ2) is 8.73. The molecule has 3 aromatic rings. The number of hydrogen-bond donors (Lipinski definition) is 1. The van der Waals surface area contributed by atoms with Crippen molar-refractivity contribution in [1.82, 2.24) is 9.78 Å². The van der Waals surface area contributed by atoms with Gasteiger partial charge in [0.05, 0.1) is 11.4 Å². The molecule has 9 heteroatoms. The molecule has 0 saturated carbocycles. The first-order valence-corrected chi connectivity index (χ1v) is 11.2. The van der Waals surface area contributed by atoms with Crippen LogP contribution < -0.4 is 4.72 Å². The van der Waals surface area contributed by atoms with Gasteiger partial charge in [0.25, 0.3) is 10.0 Å². The third-order valence-corrected chi connectivity index (χ3v) is 6.19. The monoisotopic (exact) mass is 455 g/mol. The summed E-state index contributed by atoms with van der Waals surface area (Å²) in [5.74, 6) is -0.0422. The highest BCUT2D eigenvalue weighted by Gasteiger charge is 2.19. The molecule has 0 saturated heterocycles. The fraction of sp³-hybridized carbons (Fsp3) is 0.250. The molecule has 1 heterocycles. The number of hydrogen-bond acceptors (Lipinski definition) is 3. The Morgan fingerprint density at radius 3 is 2.41 bits per heavy atom. The van der Waals surface area contributed by atoms with Crippen molar-refractivity contribution in [3.05, 3.63) is 75.7 Å². The Morgan fingerprint density at radius 2 is 1.79 bits per heavy atom. The highest BCUT2D eigenvalue weighted by Crippen LogP contribution is 2.25. The van der Waals surface area contributed by atoms with Gasteiger partial charge in [-0.3, -0.25) is 9.40 Å². The second-order valence-corrected chi connectivity index (χ2v) is 9.57. The molecular weight excluding hydrogens is 436 g/mol. The maximum atomic E-state index is 14.0. The van der Waals surface area contributed by atoms with E-state index >= 15 is 0 Å². The average molecular weight is 456 g/mol. The van der Waals surface area contributed by atoms with E-state index in [4.69, 9.17) is 23.2 Å². The molecule has 0 radical (unpaired) electrons. The van der Waals surface area contributed by atoms with E-state index in [1.165, 1.54) is 23.0 Å². The largest absolute Gasteiger partial charge is 0.264 e. The molecule has 0 aliphatic heterocycles. The average Bonchev–Trinajstić information content (AvgIpc) is 2.97. The van der Waals surface area contributed by atoms with Gasteiger partial charge >= 0.3 is 0 Å². The number of sulfonamides is 1. The lowest BCUT2D eigenvalue weighted by Gasteiger charge is -2.09. The van der Waals surface area contributed by atoms with Gasteiger partial charge in [-0.25, -0.2) is 12.8 Å². The molecule has 0 bridgehead atoms. The molecule has 1 aromatic heterocycles. The van der Waals surface area contributed by atoms with Crippen LogP contribution in [0.5, 0.6) is 0 Å². The highest BCUT2D eigenvalue weighted by molar-refractivity contribution is 7.92. The lowest BCUT2D eigenvalue weighted by atomic mass is 10.0. The fourth-order valence-corrected chi connectivity index (χ4v) is 4.35. The Kier molecular flexibility index (Phi) is 6.51. The van der Waals surface area contributed by atoms with Crippen LogP contribution in [0.25, 0.3) is 0 Å². The third kappa shape index (κ3) is 5.29. The molecule has 1 N–H and O–H groups in total. The Labute approximate surface area is 179 Å². The summed E-state index contributed by atoms with van der Waals surface area (Å²) in [6.45, 7) is 4.20. The maximum absolute atomic E-state index is 14.0. The number of benzene rings is 2. The lowest BCUT2D eigenvalue weighted by molar-refractivity contribution is 0.585. The van der Waals surface area contributed by atoms with Gasteiger partial charge < -0.3 is 0 Å². The number of aromatic nitrogens is 2. The zero-order valence-electron chi connectivity index (χ0n) is 15.9. The first-order valence-electron chi connectivity index (χ1n) is 8.93. The van der Waals surface area contributed by atoms with Crippen molar-refractivity contribution < 1.29 is 12.8 Å². The van der Waals surface area contributed by atoms with Gasteiger partial charge in [-0.15, -0.1) is 0 Å². The van der Waals surface area contributed by atoms with Crippen LogP contribution in [0.4, 0.5) is 10.2 Å².